The van der Waals surface area contributed by atoms with E-state index in [1.807, 2.05) is 18.2 Å². The zero-order valence-electron chi connectivity index (χ0n) is 11.7. The average molecular weight is 278 g/mol. The maximum absolute atomic E-state index is 5.61. The minimum absolute atomic E-state index is 0.124. The van der Waals surface area contributed by atoms with Gasteiger partial charge < -0.3 is 10.2 Å². The van der Waals surface area contributed by atoms with Crippen LogP contribution in [-0.2, 0) is 6.54 Å². The average Bonchev–Trinajstić information content (AvgIpc) is 2.95. The number of benzene rings is 2. The molecule has 3 N–H and O–H groups in total. The third-order valence-corrected chi connectivity index (χ3v) is 3.43. The van der Waals surface area contributed by atoms with Crippen LogP contribution in [0.5, 0.6) is 0 Å². The molecule has 0 saturated heterocycles. The van der Waals surface area contributed by atoms with Crippen molar-refractivity contribution < 1.29 is 4.42 Å². The number of nitrogens with one attached hydrogen (secondary N) is 1. The first-order valence-electron chi connectivity index (χ1n) is 7.00. The minimum atomic E-state index is 0.124. The first kappa shape index (κ1) is 13.5. The third kappa shape index (κ3) is 3.33. The number of rotatable bonds is 5. The summed E-state index contributed by atoms with van der Waals surface area (Å²) in [5, 5.41) is 3.53. The topological polar surface area (TPSA) is 51.2 Å². The highest BCUT2D eigenvalue weighted by Crippen LogP contribution is 2.22. The van der Waals surface area contributed by atoms with Crippen molar-refractivity contribution in [3.05, 3.63) is 89.7 Å². The van der Waals surface area contributed by atoms with Gasteiger partial charge in [-0.15, -0.1) is 0 Å². The van der Waals surface area contributed by atoms with Crippen molar-refractivity contribution in [2.24, 2.45) is 0 Å². The molecular weight excluding hydrogens is 260 g/mol. The van der Waals surface area contributed by atoms with Gasteiger partial charge in [-0.3, -0.25) is 5.32 Å². The van der Waals surface area contributed by atoms with Crippen molar-refractivity contribution in [1.29, 1.82) is 0 Å². The molecule has 106 valence electrons. The summed E-state index contributed by atoms with van der Waals surface area (Å²) in [7, 11) is 0. The molecule has 1 heterocycles. The predicted molar refractivity (Wildman–Crippen MR) is 84.7 cm³/mol. The Morgan fingerprint density at radius 1 is 0.810 bits per heavy atom. The van der Waals surface area contributed by atoms with Crippen LogP contribution in [0, 0.1) is 0 Å². The molecule has 0 amide bonds. The van der Waals surface area contributed by atoms with Crippen LogP contribution < -0.4 is 11.1 Å². The quantitative estimate of drug-likeness (QED) is 0.747. The highest BCUT2D eigenvalue weighted by atomic mass is 16.4. The Labute approximate surface area is 124 Å². The monoisotopic (exact) mass is 278 g/mol. The van der Waals surface area contributed by atoms with Gasteiger partial charge in [-0.1, -0.05) is 60.7 Å². The van der Waals surface area contributed by atoms with Crippen LogP contribution in [0.4, 0.5) is 5.88 Å². The molecule has 3 nitrogen and oxygen atoms in total. The zero-order chi connectivity index (χ0) is 14.5. The Morgan fingerprint density at radius 2 is 1.38 bits per heavy atom. The van der Waals surface area contributed by atoms with E-state index in [0.717, 1.165) is 5.76 Å². The standard InChI is InChI=1S/C18H18N2O/c19-17-12-11-16(21-17)13-20-18(14-7-3-1-4-8-14)15-9-5-2-6-10-15/h1-12,18,20H,13,19H2. The van der Waals surface area contributed by atoms with Gasteiger partial charge in [0.05, 0.1) is 12.6 Å². The molecule has 3 rings (SSSR count). The fourth-order valence-corrected chi connectivity index (χ4v) is 2.41. The van der Waals surface area contributed by atoms with E-state index in [2.05, 4.69) is 53.8 Å². The number of nitrogens with two attached hydrogens (primary N) is 1. The summed E-state index contributed by atoms with van der Waals surface area (Å²) in [6, 6.07) is 24.6. The molecular formula is C18H18N2O. The second kappa shape index (κ2) is 6.29. The zero-order valence-corrected chi connectivity index (χ0v) is 11.7. The summed E-state index contributed by atoms with van der Waals surface area (Å²) in [6.45, 7) is 0.631. The molecule has 21 heavy (non-hydrogen) atoms. The molecule has 1 aromatic heterocycles. The van der Waals surface area contributed by atoms with Gasteiger partial charge in [0.1, 0.15) is 5.76 Å². The molecule has 0 unspecified atom stereocenters. The summed E-state index contributed by atoms with van der Waals surface area (Å²) in [6.07, 6.45) is 0. The molecule has 3 aromatic rings. The molecule has 0 aliphatic carbocycles. The van der Waals surface area contributed by atoms with E-state index >= 15 is 0 Å². The van der Waals surface area contributed by atoms with Gasteiger partial charge in [0.25, 0.3) is 0 Å². The second-order valence-electron chi connectivity index (χ2n) is 4.94. The van der Waals surface area contributed by atoms with Crippen molar-refractivity contribution >= 4 is 5.88 Å². The van der Waals surface area contributed by atoms with Crippen LogP contribution >= 0.6 is 0 Å². The minimum Gasteiger partial charge on any atom is -0.445 e. The van der Waals surface area contributed by atoms with Crippen molar-refractivity contribution in [3.63, 3.8) is 0 Å². The van der Waals surface area contributed by atoms with E-state index in [1.165, 1.54) is 11.1 Å². The molecule has 0 bridgehead atoms. The lowest BCUT2D eigenvalue weighted by molar-refractivity contribution is 0.480. The molecule has 0 atom stereocenters. The summed E-state index contributed by atoms with van der Waals surface area (Å²) in [5.74, 6) is 1.28. The normalized spacial score (nSPS) is 10.9. The number of hydrogen-bond donors (Lipinski definition) is 2. The van der Waals surface area contributed by atoms with Gasteiger partial charge in [-0.05, 0) is 17.2 Å². The maximum atomic E-state index is 5.61. The van der Waals surface area contributed by atoms with E-state index in [4.69, 9.17) is 10.2 Å². The number of hydrogen-bond acceptors (Lipinski definition) is 3. The highest BCUT2D eigenvalue weighted by Gasteiger charge is 2.13. The molecule has 0 saturated carbocycles. The highest BCUT2D eigenvalue weighted by molar-refractivity contribution is 5.32. The first-order chi connectivity index (χ1) is 10.3. The smallest absolute Gasteiger partial charge is 0.190 e. The van der Waals surface area contributed by atoms with Crippen molar-refractivity contribution in [1.82, 2.24) is 5.32 Å². The lowest BCUT2D eigenvalue weighted by atomic mass is 9.99. The Kier molecular flexibility index (Phi) is 4.03. The third-order valence-electron chi connectivity index (χ3n) is 3.43. The van der Waals surface area contributed by atoms with Crippen LogP contribution in [0.3, 0.4) is 0 Å². The lowest BCUT2D eigenvalue weighted by Crippen LogP contribution is -2.21. The fraction of sp³-hybridized carbons (Fsp3) is 0.111. The van der Waals surface area contributed by atoms with Gasteiger partial charge in [0.15, 0.2) is 5.88 Å². The number of anilines is 1. The molecule has 0 radical (unpaired) electrons. The summed E-state index contributed by atoms with van der Waals surface area (Å²) in [5.41, 5.74) is 8.06. The first-order valence-corrected chi connectivity index (χ1v) is 7.00. The van der Waals surface area contributed by atoms with Gasteiger partial charge in [0.2, 0.25) is 0 Å². The molecule has 0 aliphatic rings. The maximum Gasteiger partial charge on any atom is 0.190 e. The Bertz CT molecular complexity index is 637. The summed E-state index contributed by atoms with van der Waals surface area (Å²) in [4.78, 5) is 0. The Balaban J connectivity index is 1.83. The van der Waals surface area contributed by atoms with Crippen LogP contribution in [0.25, 0.3) is 0 Å². The van der Waals surface area contributed by atoms with Crippen LogP contribution in [0.2, 0.25) is 0 Å². The van der Waals surface area contributed by atoms with Crippen molar-refractivity contribution in [2.75, 3.05) is 5.73 Å². The Morgan fingerprint density at radius 3 is 1.86 bits per heavy atom. The number of furan rings is 1. The number of nitrogen functional groups attached to an aromatic ring is 1. The van der Waals surface area contributed by atoms with E-state index in [9.17, 15) is 0 Å². The van der Waals surface area contributed by atoms with Crippen LogP contribution in [0.1, 0.15) is 22.9 Å². The molecule has 3 heteroatoms. The van der Waals surface area contributed by atoms with Gasteiger partial charge in [-0.2, -0.15) is 0 Å². The lowest BCUT2D eigenvalue weighted by Gasteiger charge is -2.19. The second-order valence-corrected chi connectivity index (χ2v) is 4.94. The van der Waals surface area contributed by atoms with Gasteiger partial charge in [0, 0.05) is 6.07 Å². The van der Waals surface area contributed by atoms with Crippen molar-refractivity contribution in [2.45, 2.75) is 12.6 Å². The largest absolute Gasteiger partial charge is 0.445 e. The fourth-order valence-electron chi connectivity index (χ4n) is 2.41. The molecule has 0 aliphatic heterocycles. The van der Waals surface area contributed by atoms with E-state index in [1.54, 1.807) is 6.07 Å². The van der Waals surface area contributed by atoms with Crippen LogP contribution in [0.15, 0.2) is 77.2 Å². The SMILES string of the molecule is Nc1ccc(CNC(c2ccccc2)c2ccccc2)o1. The van der Waals surface area contributed by atoms with E-state index in [0.29, 0.717) is 12.4 Å². The Hall–Kier alpha value is -2.52. The summed E-state index contributed by atoms with van der Waals surface area (Å²) >= 11 is 0. The molecule has 0 fully saturated rings. The van der Waals surface area contributed by atoms with Gasteiger partial charge in [-0.25, -0.2) is 0 Å². The van der Waals surface area contributed by atoms with Gasteiger partial charge >= 0.3 is 0 Å². The van der Waals surface area contributed by atoms with E-state index < -0.39 is 0 Å². The molecule has 0 spiro atoms. The van der Waals surface area contributed by atoms with Crippen LogP contribution in [-0.4, -0.2) is 0 Å². The van der Waals surface area contributed by atoms with E-state index in [-0.39, 0.29) is 6.04 Å². The molecule has 2 aromatic carbocycles. The van der Waals surface area contributed by atoms with Crippen molar-refractivity contribution in [3.8, 4) is 0 Å². The predicted octanol–water partition coefficient (Wildman–Crippen LogP) is 3.74. The summed E-state index contributed by atoms with van der Waals surface area (Å²) < 4.78 is 5.42.